The van der Waals surface area contributed by atoms with Crippen LogP contribution in [0.4, 0.5) is 0 Å². The molecule has 1 aliphatic rings. The lowest BCUT2D eigenvalue weighted by Gasteiger charge is -1.99. The van der Waals surface area contributed by atoms with Crippen LogP contribution in [0, 0.1) is 0 Å². The van der Waals surface area contributed by atoms with Crippen molar-refractivity contribution in [2.75, 3.05) is 20.3 Å². The lowest BCUT2D eigenvalue weighted by atomic mass is 10.1. The Bertz CT molecular complexity index is 731. The van der Waals surface area contributed by atoms with E-state index in [-0.39, 0.29) is 23.6 Å². The number of hydrogen-bond acceptors (Lipinski definition) is 6. The molecule has 2 rings (SSSR count). The molecule has 1 aromatic carbocycles. The van der Waals surface area contributed by atoms with Crippen molar-refractivity contribution in [3.63, 3.8) is 0 Å². The van der Waals surface area contributed by atoms with Crippen LogP contribution in [0.5, 0.6) is 0 Å². The highest BCUT2D eigenvalue weighted by Crippen LogP contribution is 2.09. The van der Waals surface area contributed by atoms with E-state index in [0.717, 1.165) is 5.56 Å². The molecule has 0 amide bonds. The number of carboxylic acid groups (broad SMARTS) is 1. The van der Waals surface area contributed by atoms with Crippen LogP contribution in [-0.4, -0.2) is 49.4 Å². The van der Waals surface area contributed by atoms with Gasteiger partial charge in [0.05, 0.1) is 13.7 Å². The third-order valence-corrected chi connectivity index (χ3v) is 3.25. The number of ether oxygens (including phenoxy) is 3. The van der Waals surface area contributed by atoms with Gasteiger partial charge in [-0.25, -0.2) is 14.4 Å². The molecule has 29 heavy (non-hydrogen) atoms. The monoisotopic (exact) mass is 404 g/mol. The molecule has 0 aliphatic carbocycles. The SMILES string of the molecule is C=C(C)C(=O)OC.C=C(C)C(=O)OCC1CO1.C=C(Cc1ccccc1)C(=O)O. The van der Waals surface area contributed by atoms with E-state index in [9.17, 15) is 14.4 Å². The zero-order valence-electron chi connectivity index (χ0n) is 17.1. The number of benzene rings is 1. The van der Waals surface area contributed by atoms with Gasteiger partial charge >= 0.3 is 17.9 Å². The second-order valence-corrected chi connectivity index (χ2v) is 6.18. The maximum Gasteiger partial charge on any atom is 0.333 e. The summed E-state index contributed by atoms with van der Waals surface area (Å²) in [4.78, 5) is 31.3. The van der Waals surface area contributed by atoms with Crippen molar-refractivity contribution >= 4 is 17.9 Å². The van der Waals surface area contributed by atoms with Crippen LogP contribution >= 0.6 is 0 Å². The van der Waals surface area contributed by atoms with Gasteiger partial charge < -0.3 is 19.3 Å². The van der Waals surface area contributed by atoms with Gasteiger partial charge in [0.25, 0.3) is 0 Å². The first kappa shape index (κ1) is 25.8. The number of epoxide rings is 1. The molecule has 0 aromatic heterocycles. The molecular formula is C22H28O7. The van der Waals surface area contributed by atoms with Crippen LogP contribution in [0.2, 0.25) is 0 Å². The number of carboxylic acids is 1. The molecule has 1 unspecified atom stereocenters. The lowest BCUT2D eigenvalue weighted by molar-refractivity contribution is -0.139. The molecule has 1 N–H and O–H groups in total. The Labute approximate surface area is 171 Å². The molecule has 1 saturated heterocycles. The highest BCUT2D eigenvalue weighted by atomic mass is 16.6. The maximum absolute atomic E-state index is 10.7. The van der Waals surface area contributed by atoms with E-state index >= 15 is 0 Å². The molecule has 0 saturated carbocycles. The number of carbonyl (C=O) groups is 3. The summed E-state index contributed by atoms with van der Waals surface area (Å²) in [6.45, 7) is 14.5. The minimum absolute atomic E-state index is 0.142. The predicted octanol–water partition coefficient (Wildman–Crippen LogP) is 3.11. The molecule has 7 heteroatoms. The summed E-state index contributed by atoms with van der Waals surface area (Å²) in [5, 5.41) is 8.54. The Morgan fingerprint density at radius 3 is 1.93 bits per heavy atom. The molecule has 1 atom stereocenters. The van der Waals surface area contributed by atoms with Crippen LogP contribution in [0.1, 0.15) is 19.4 Å². The van der Waals surface area contributed by atoms with Crippen LogP contribution in [0.3, 0.4) is 0 Å². The van der Waals surface area contributed by atoms with Crippen LogP contribution in [0.15, 0.2) is 66.8 Å². The van der Waals surface area contributed by atoms with E-state index in [4.69, 9.17) is 14.6 Å². The molecule has 0 radical (unpaired) electrons. The quantitative estimate of drug-likeness (QED) is 0.423. The van der Waals surface area contributed by atoms with E-state index < -0.39 is 5.97 Å². The summed E-state index contributed by atoms with van der Waals surface area (Å²) >= 11 is 0. The lowest BCUT2D eigenvalue weighted by Crippen LogP contribution is -2.09. The third kappa shape index (κ3) is 13.6. The molecule has 0 bridgehead atoms. The van der Waals surface area contributed by atoms with Gasteiger partial charge in [-0.1, -0.05) is 50.1 Å². The molecule has 1 heterocycles. The number of aliphatic carboxylic acids is 1. The normalized spacial score (nSPS) is 13.3. The van der Waals surface area contributed by atoms with Crippen LogP contribution in [0.25, 0.3) is 0 Å². The first-order chi connectivity index (χ1) is 13.6. The average molecular weight is 404 g/mol. The first-order valence-electron chi connectivity index (χ1n) is 8.71. The van der Waals surface area contributed by atoms with E-state index in [2.05, 4.69) is 24.5 Å². The zero-order valence-corrected chi connectivity index (χ0v) is 17.1. The van der Waals surface area contributed by atoms with Crippen LogP contribution in [-0.2, 0) is 35.0 Å². The van der Waals surface area contributed by atoms with Crippen LogP contribution < -0.4 is 0 Å². The van der Waals surface area contributed by atoms with E-state index in [1.807, 2.05) is 30.3 Å². The number of rotatable bonds is 7. The molecule has 1 aliphatic heterocycles. The Kier molecular flexibility index (Phi) is 12.4. The minimum Gasteiger partial charge on any atom is -0.478 e. The van der Waals surface area contributed by atoms with Crippen molar-refractivity contribution in [1.29, 1.82) is 0 Å². The molecule has 1 fully saturated rings. The van der Waals surface area contributed by atoms with Gasteiger partial charge in [0.1, 0.15) is 12.7 Å². The van der Waals surface area contributed by atoms with Crippen molar-refractivity contribution in [1.82, 2.24) is 0 Å². The number of methoxy groups -OCH3 is 1. The van der Waals surface area contributed by atoms with E-state index in [1.54, 1.807) is 13.8 Å². The fraction of sp³-hybridized carbons (Fsp3) is 0.318. The summed E-state index contributed by atoms with van der Waals surface area (Å²) in [6.07, 6.45) is 0.555. The first-order valence-corrected chi connectivity index (χ1v) is 8.71. The maximum atomic E-state index is 10.7. The smallest absolute Gasteiger partial charge is 0.333 e. The topological polar surface area (TPSA) is 102 Å². The predicted molar refractivity (Wildman–Crippen MR) is 109 cm³/mol. The Morgan fingerprint density at radius 1 is 1.07 bits per heavy atom. The summed E-state index contributed by atoms with van der Waals surface area (Å²) in [6, 6.07) is 9.42. The standard InChI is InChI=1S/C10H10O2.C7H10O3.C5H8O2/c1-8(10(11)12)7-9-5-3-2-4-6-9;1-5(2)7(8)10-4-6-3-9-6;1-4(2)5(6)7-3/h2-6H,1,7H2,(H,11,12);6H,1,3-4H2,2H3;1H2,2-3H3. The molecule has 0 spiro atoms. The second kappa shape index (κ2) is 13.9. The van der Waals surface area contributed by atoms with Gasteiger partial charge in [0.2, 0.25) is 0 Å². The van der Waals surface area contributed by atoms with Crippen molar-refractivity contribution in [2.45, 2.75) is 26.4 Å². The highest BCUT2D eigenvalue weighted by molar-refractivity contribution is 5.87. The van der Waals surface area contributed by atoms with Crippen molar-refractivity contribution < 1.29 is 33.7 Å². The second-order valence-electron chi connectivity index (χ2n) is 6.18. The fourth-order valence-corrected chi connectivity index (χ4v) is 1.55. The zero-order chi connectivity index (χ0) is 22.4. The Hall–Kier alpha value is -3.19. The van der Waals surface area contributed by atoms with Crippen molar-refractivity contribution in [2.24, 2.45) is 0 Å². The van der Waals surface area contributed by atoms with Gasteiger partial charge in [0.15, 0.2) is 0 Å². The van der Waals surface area contributed by atoms with Crippen molar-refractivity contribution in [3.05, 3.63) is 72.4 Å². The van der Waals surface area contributed by atoms with Crippen molar-refractivity contribution in [3.8, 4) is 0 Å². The summed E-state index contributed by atoms with van der Waals surface area (Å²) in [5.41, 5.74) is 2.06. The van der Waals surface area contributed by atoms with E-state index in [1.165, 1.54) is 7.11 Å². The summed E-state index contributed by atoms with van der Waals surface area (Å²) in [7, 11) is 1.33. The Morgan fingerprint density at radius 2 is 1.59 bits per heavy atom. The number of esters is 2. The molecule has 158 valence electrons. The van der Waals surface area contributed by atoms with Gasteiger partial charge in [-0.2, -0.15) is 0 Å². The van der Waals surface area contributed by atoms with Gasteiger partial charge in [0, 0.05) is 23.1 Å². The summed E-state index contributed by atoms with van der Waals surface area (Å²) in [5.74, 6) is -1.62. The van der Waals surface area contributed by atoms with E-state index in [0.29, 0.717) is 30.8 Å². The molecule has 1 aromatic rings. The largest absolute Gasteiger partial charge is 0.478 e. The summed E-state index contributed by atoms with van der Waals surface area (Å²) < 4.78 is 13.9. The van der Waals surface area contributed by atoms with Gasteiger partial charge in [-0.05, 0) is 19.4 Å². The Balaban J connectivity index is 0.000000421. The highest BCUT2D eigenvalue weighted by Gasteiger charge is 2.24. The van der Waals surface area contributed by atoms with Gasteiger partial charge in [-0.3, -0.25) is 0 Å². The number of carbonyl (C=O) groups excluding carboxylic acids is 2. The van der Waals surface area contributed by atoms with Gasteiger partial charge in [-0.15, -0.1) is 0 Å². The minimum atomic E-state index is -0.932. The third-order valence-electron chi connectivity index (χ3n) is 3.25. The molecule has 7 nitrogen and oxygen atoms in total. The molecular weight excluding hydrogens is 376 g/mol. The fourth-order valence-electron chi connectivity index (χ4n) is 1.55. The average Bonchev–Trinajstić information content (AvgIpc) is 3.51. The number of hydrogen-bond donors (Lipinski definition) is 1.